The van der Waals surface area contributed by atoms with E-state index in [2.05, 4.69) is 10.8 Å². The Balaban J connectivity index is 1.98. The first-order valence-corrected chi connectivity index (χ1v) is 7.59. The summed E-state index contributed by atoms with van der Waals surface area (Å²) in [4.78, 5) is 0. The zero-order valence-corrected chi connectivity index (χ0v) is 10.2. The lowest BCUT2D eigenvalue weighted by molar-refractivity contribution is 0.472. The van der Waals surface area contributed by atoms with Crippen molar-refractivity contribution in [3.05, 3.63) is 0 Å². The van der Waals surface area contributed by atoms with Gasteiger partial charge < -0.3 is 0 Å². The third-order valence-electron chi connectivity index (χ3n) is 3.51. The van der Waals surface area contributed by atoms with Crippen molar-refractivity contribution < 1.29 is 8.42 Å². The van der Waals surface area contributed by atoms with Crippen LogP contribution in [0.4, 0.5) is 0 Å². The van der Waals surface area contributed by atoms with Crippen molar-refractivity contribution >= 4 is 10.0 Å². The molecule has 4 nitrogen and oxygen atoms in total. The van der Waals surface area contributed by atoms with Crippen LogP contribution in [0.1, 0.15) is 44.9 Å². The van der Waals surface area contributed by atoms with Crippen molar-refractivity contribution in [1.82, 2.24) is 4.72 Å². The molecule has 0 aliphatic heterocycles. The first-order valence-electron chi connectivity index (χ1n) is 6.04. The fraction of sp³-hybridized carbons (Fsp3) is 0.909. The predicted octanol–water partition coefficient (Wildman–Crippen LogP) is 1.54. The van der Waals surface area contributed by atoms with Gasteiger partial charge in [-0.15, -0.1) is 0 Å². The van der Waals surface area contributed by atoms with Crippen LogP contribution in [0.25, 0.3) is 0 Å². The molecule has 2 fully saturated rings. The quantitative estimate of drug-likeness (QED) is 0.813. The monoisotopic (exact) mass is 242 g/mol. The van der Waals surface area contributed by atoms with E-state index in [1.54, 1.807) is 0 Å². The third-order valence-corrected chi connectivity index (χ3v) is 5.45. The van der Waals surface area contributed by atoms with E-state index >= 15 is 0 Å². The fourth-order valence-corrected chi connectivity index (χ4v) is 4.05. The minimum absolute atomic E-state index is 0.253. The molecule has 0 heterocycles. The Morgan fingerprint density at radius 3 is 2.25 bits per heavy atom. The average molecular weight is 242 g/mol. The second-order valence-corrected chi connectivity index (χ2v) is 6.86. The number of hydrogen-bond donors (Lipinski definition) is 1. The molecule has 0 saturated heterocycles. The van der Waals surface area contributed by atoms with Gasteiger partial charge >= 0.3 is 0 Å². The zero-order valence-electron chi connectivity index (χ0n) is 9.35. The lowest BCUT2D eigenvalue weighted by atomic mass is 10.0. The lowest BCUT2D eigenvalue weighted by Crippen LogP contribution is -2.42. The molecule has 0 radical (unpaired) electrons. The largest absolute Gasteiger partial charge is 0.215 e. The number of rotatable bonds is 4. The van der Waals surface area contributed by atoms with Gasteiger partial charge in [-0.2, -0.15) is 9.98 Å². The maximum Gasteiger partial charge on any atom is 0.215 e. The van der Waals surface area contributed by atoms with Crippen LogP contribution in [0, 0.1) is 17.2 Å². The number of sulfonamides is 1. The van der Waals surface area contributed by atoms with E-state index in [0.717, 1.165) is 44.9 Å². The minimum atomic E-state index is -3.27. The van der Waals surface area contributed by atoms with Gasteiger partial charge in [-0.1, -0.05) is 19.3 Å². The molecule has 2 rings (SSSR count). The van der Waals surface area contributed by atoms with E-state index in [1.807, 2.05) is 0 Å². The van der Waals surface area contributed by atoms with Crippen LogP contribution in [0.15, 0.2) is 0 Å². The van der Waals surface area contributed by atoms with Crippen molar-refractivity contribution in [3.63, 3.8) is 0 Å². The maximum atomic E-state index is 12.0. The Kier molecular flexibility index (Phi) is 3.50. The zero-order chi connectivity index (χ0) is 11.6. The van der Waals surface area contributed by atoms with E-state index in [1.165, 1.54) is 0 Å². The first kappa shape index (κ1) is 11.9. The molecule has 16 heavy (non-hydrogen) atoms. The van der Waals surface area contributed by atoms with E-state index in [9.17, 15) is 8.42 Å². The van der Waals surface area contributed by atoms with Crippen molar-refractivity contribution in [3.8, 4) is 6.07 Å². The normalized spacial score (nSPS) is 24.9. The second kappa shape index (κ2) is 4.72. The molecule has 1 N–H and O–H groups in total. The summed E-state index contributed by atoms with van der Waals surface area (Å²) in [5.74, 6) is 0.253. The van der Waals surface area contributed by atoms with E-state index < -0.39 is 16.1 Å². The van der Waals surface area contributed by atoms with Gasteiger partial charge in [0, 0.05) is 0 Å². The van der Waals surface area contributed by atoms with Crippen molar-refractivity contribution in [1.29, 1.82) is 5.26 Å². The topological polar surface area (TPSA) is 70.0 Å². The highest BCUT2D eigenvalue weighted by atomic mass is 32.2. The number of nitrogens with zero attached hydrogens (tertiary/aromatic N) is 1. The van der Waals surface area contributed by atoms with E-state index in [-0.39, 0.29) is 11.2 Å². The molecule has 1 atom stereocenters. The molecule has 0 amide bonds. The summed E-state index contributed by atoms with van der Waals surface area (Å²) in [5.41, 5.74) is 0. The standard InChI is InChI=1S/C11H18N2O2S/c12-8-11(9-6-7-9)13-16(14,15)10-4-2-1-3-5-10/h9-11,13H,1-7H2. The van der Waals surface area contributed by atoms with E-state index in [4.69, 9.17) is 5.26 Å². The first-order chi connectivity index (χ1) is 7.63. The molecule has 0 aromatic heterocycles. The molecule has 0 spiro atoms. The van der Waals surface area contributed by atoms with Crippen LogP contribution in [0.5, 0.6) is 0 Å². The van der Waals surface area contributed by atoms with Crippen LogP contribution in [-0.4, -0.2) is 19.7 Å². The highest BCUT2D eigenvalue weighted by molar-refractivity contribution is 7.90. The molecule has 2 aliphatic carbocycles. The molecular formula is C11H18N2O2S. The minimum Gasteiger partial charge on any atom is -0.212 e. The molecule has 2 saturated carbocycles. The summed E-state index contributed by atoms with van der Waals surface area (Å²) in [5, 5.41) is 8.65. The van der Waals surface area contributed by atoms with Crippen LogP contribution in [0.3, 0.4) is 0 Å². The molecule has 0 aromatic carbocycles. The molecule has 0 aromatic rings. The number of nitrogens with one attached hydrogen (secondary N) is 1. The Morgan fingerprint density at radius 2 is 1.75 bits per heavy atom. The average Bonchev–Trinajstić information content (AvgIpc) is 3.11. The van der Waals surface area contributed by atoms with Gasteiger partial charge in [0.1, 0.15) is 6.04 Å². The van der Waals surface area contributed by atoms with Gasteiger partial charge in [-0.05, 0) is 31.6 Å². The number of hydrogen-bond acceptors (Lipinski definition) is 3. The Labute approximate surface area is 97.1 Å². The van der Waals surface area contributed by atoms with Crippen molar-refractivity contribution in [2.24, 2.45) is 5.92 Å². The van der Waals surface area contributed by atoms with Gasteiger partial charge in [0.2, 0.25) is 10.0 Å². The lowest BCUT2D eigenvalue weighted by Gasteiger charge is -2.23. The van der Waals surface area contributed by atoms with Crippen molar-refractivity contribution in [2.45, 2.75) is 56.2 Å². The number of nitriles is 1. The molecule has 2 aliphatic rings. The molecule has 1 unspecified atom stereocenters. The molecule has 0 bridgehead atoms. The van der Waals surface area contributed by atoms with Crippen LogP contribution in [0.2, 0.25) is 0 Å². The van der Waals surface area contributed by atoms with Gasteiger partial charge in [-0.25, -0.2) is 8.42 Å². The second-order valence-electron chi connectivity index (χ2n) is 4.87. The Morgan fingerprint density at radius 1 is 1.12 bits per heavy atom. The third kappa shape index (κ3) is 2.74. The maximum absolute atomic E-state index is 12.0. The summed E-state index contributed by atoms with van der Waals surface area (Å²) < 4.78 is 26.6. The van der Waals surface area contributed by atoms with Gasteiger partial charge in [0.05, 0.1) is 11.3 Å². The van der Waals surface area contributed by atoms with Crippen molar-refractivity contribution in [2.75, 3.05) is 0 Å². The summed E-state index contributed by atoms with van der Waals surface area (Å²) in [6, 6.07) is 1.58. The summed E-state index contributed by atoms with van der Waals surface area (Å²) in [6.45, 7) is 0. The highest BCUT2D eigenvalue weighted by Crippen LogP contribution is 2.33. The summed E-state index contributed by atoms with van der Waals surface area (Å²) in [7, 11) is -3.27. The molecule has 5 heteroatoms. The smallest absolute Gasteiger partial charge is 0.212 e. The highest BCUT2D eigenvalue weighted by Gasteiger charge is 2.36. The SMILES string of the molecule is N#CC(NS(=O)(=O)C1CCCCC1)C1CC1. The van der Waals surface area contributed by atoms with Crippen LogP contribution in [-0.2, 0) is 10.0 Å². The molecular weight excluding hydrogens is 224 g/mol. The Bertz CT molecular complexity index is 375. The van der Waals surface area contributed by atoms with Gasteiger partial charge in [0.15, 0.2) is 0 Å². The Hall–Kier alpha value is -0.600. The summed E-state index contributed by atoms with van der Waals surface area (Å²) in [6.07, 6.45) is 6.57. The van der Waals surface area contributed by atoms with Crippen LogP contribution >= 0.6 is 0 Å². The predicted molar refractivity (Wildman–Crippen MR) is 61.1 cm³/mol. The summed E-state index contributed by atoms with van der Waals surface area (Å²) >= 11 is 0. The van der Waals surface area contributed by atoms with Crippen LogP contribution < -0.4 is 4.72 Å². The van der Waals surface area contributed by atoms with Gasteiger partial charge in [0.25, 0.3) is 0 Å². The molecule has 90 valence electrons. The fourth-order valence-electron chi connectivity index (χ4n) is 2.31. The van der Waals surface area contributed by atoms with Gasteiger partial charge in [-0.3, -0.25) is 0 Å². The van der Waals surface area contributed by atoms with E-state index in [0.29, 0.717) is 0 Å².